The Kier molecular flexibility index (Phi) is 5.35. The fourth-order valence-electron chi connectivity index (χ4n) is 3.91. The molecule has 1 aliphatic rings. The maximum absolute atomic E-state index is 13.3. The van der Waals surface area contributed by atoms with Crippen LogP contribution in [0.15, 0.2) is 78.9 Å². The standard InChI is InChI=1S/C24H20N2O5/c27-22(18-9-6-10-19(15-18)26(30)31)16-24(29)20-11-4-5-12-21(20)25(23(24)28)14-13-17-7-2-1-3-8-17/h1-12,15,29H,13-14,16H2/t24-/m0/s1. The Hall–Kier alpha value is -3.84. The van der Waals surface area contributed by atoms with Crippen molar-refractivity contribution < 1.29 is 19.6 Å². The van der Waals surface area contributed by atoms with E-state index >= 15 is 0 Å². The van der Waals surface area contributed by atoms with Crippen molar-refractivity contribution >= 4 is 23.1 Å². The van der Waals surface area contributed by atoms with E-state index in [1.165, 1.54) is 23.1 Å². The summed E-state index contributed by atoms with van der Waals surface area (Å²) in [5.74, 6) is -1.11. The molecular weight excluding hydrogens is 396 g/mol. The summed E-state index contributed by atoms with van der Waals surface area (Å²) in [4.78, 5) is 38.1. The molecule has 7 heteroatoms. The summed E-state index contributed by atoms with van der Waals surface area (Å²) in [5.41, 5.74) is -0.175. The summed E-state index contributed by atoms with van der Waals surface area (Å²) in [6.07, 6.45) is 0.0989. The number of hydrogen-bond donors (Lipinski definition) is 1. The molecule has 1 amide bonds. The van der Waals surface area contributed by atoms with Crippen molar-refractivity contribution in [2.24, 2.45) is 0 Å². The van der Waals surface area contributed by atoms with Gasteiger partial charge in [-0.15, -0.1) is 0 Å². The number of para-hydroxylation sites is 1. The summed E-state index contributed by atoms with van der Waals surface area (Å²) >= 11 is 0. The fourth-order valence-corrected chi connectivity index (χ4v) is 3.91. The van der Waals surface area contributed by atoms with E-state index in [0.717, 1.165) is 11.6 Å². The van der Waals surface area contributed by atoms with E-state index in [2.05, 4.69) is 0 Å². The number of Topliss-reactive ketones (excluding diaryl/α,β-unsaturated/α-hetero) is 1. The summed E-state index contributed by atoms with van der Waals surface area (Å²) in [6, 6.07) is 21.8. The molecule has 4 rings (SSSR count). The smallest absolute Gasteiger partial charge is 0.270 e. The Morgan fingerprint density at radius 1 is 1.00 bits per heavy atom. The lowest BCUT2D eigenvalue weighted by Crippen LogP contribution is -2.42. The van der Waals surface area contributed by atoms with E-state index in [1.807, 2.05) is 30.3 Å². The number of anilines is 1. The van der Waals surface area contributed by atoms with Crippen molar-refractivity contribution in [2.45, 2.75) is 18.4 Å². The normalized spacial score (nSPS) is 17.5. The molecule has 0 saturated heterocycles. The van der Waals surface area contributed by atoms with E-state index in [-0.39, 0.29) is 11.3 Å². The van der Waals surface area contributed by atoms with Crippen LogP contribution in [0.5, 0.6) is 0 Å². The van der Waals surface area contributed by atoms with Gasteiger partial charge in [0.05, 0.1) is 17.0 Å². The predicted molar refractivity (Wildman–Crippen MR) is 115 cm³/mol. The third-order valence-corrected chi connectivity index (χ3v) is 5.50. The quantitative estimate of drug-likeness (QED) is 0.360. The Balaban J connectivity index is 1.61. The lowest BCUT2D eigenvalue weighted by Gasteiger charge is -2.23. The van der Waals surface area contributed by atoms with Crippen LogP contribution in [-0.2, 0) is 16.8 Å². The van der Waals surface area contributed by atoms with Crippen molar-refractivity contribution in [3.8, 4) is 0 Å². The van der Waals surface area contributed by atoms with E-state index < -0.39 is 28.6 Å². The Labute approximate surface area is 178 Å². The van der Waals surface area contributed by atoms with Gasteiger partial charge in [-0.2, -0.15) is 0 Å². The van der Waals surface area contributed by atoms with Crippen LogP contribution in [0.4, 0.5) is 11.4 Å². The summed E-state index contributed by atoms with van der Waals surface area (Å²) in [5, 5.41) is 22.4. The van der Waals surface area contributed by atoms with Gasteiger partial charge in [0.25, 0.3) is 11.6 Å². The van der Waals surface area contributed by atoms with Crippen molar-refractivity contribution in [1.29, 1.82) is 0 Å². The van der Waals surface area contributed by atoms with Crippen LogP contribution in [0.1, 0.15) is 27.9 Å². The molecule has 0 aromatic heterocycles. The average molecular weight is 416 g/mol. The first-order chi connectivity index (χ1) is 14.9. The van der Waals surface area contributed by atoms with Gasteiger partial charge in [-0.25, -0.2) is 0 Å². The van der Waals surface area contributed by atoms with Crippen LogP contribution < -0.4 is 4.90 Å². The highest BCUT2D eigenvalue weighted by Crippen LogP contribution is 2.43. The molecule has 3 aromatic carbocycles. The van der Waals surface area contributed by atoms with E-state index in [0.29, 0.717) is 24.2 Å². The minimum Gasteiger partial charge on any atom is -0.375 e. The molecular formula is C24H20N2O5. The zero-order chi connectivity index (χ0) is 22.0. The van der Waals surface area contributed by atoms with Gasteiger partial charge in [-0.05, 0) is 18.1 Å². The van der Waals surface area contributed by atoms with E-state index in [9.17, 15) is 24.8 Å². The van der Waals surface area contributed by atoms with Gasteiger partial charge in [0.15, 0.2) is 11.4 Å². The van der Waals surface area contributed by atoms with Gasteiger partial charge in [0.2, 0.25) is 0 Å². The molecule has 156 valence electrons. The van der Waals surface area contributed by atoms with Crippen LogP contribution in [0.3, 0.4) is 0 Å². The van der Waals surface area contributed by atoms with Crippen molar-refractivity contribution in [3.63, 3.8) is 0 Å². The number of nitro benzene ring substituents is 1. The number of non-ortho nitro benzene ring substituents is 1. The van der Waals surface area contributed by atoms with Gasteiger partial charge in [-0.3, -0.25) is 19.7 Å². The molecule has 0 radical (unpaired) electrons. The number of ketones is 1. The predicted octanol–water partition coefficient (Wildman–Crippen LogP) is 3.64. The number of nitro groups is 1. The van der Waals surface area contributed by atoms with E-state index in [1.54, 1.807) is 24.3 Å². The number of fused-ring (bicyclic) bond motifs is 1. The van der Waals surface area contributed by atoms with Gasteiger partial charge in [0.1, 0.15) is 0 Å². The van der Waals surface area contributed by atoms with Gasteiger partial charge >= 0.3 is 0 Å². The largest absolute Gasteiger partial charge is 0.375 e. The van der Waals surface area contributed by atoms with Crippen LogP contribution in [0.2, 0.25) is 0 Å². The minimum atomic E-state index is -2.02. The Morgan fingerprint density at radius 2 is 1.71 bits per heavy atom. The molecule has 1 atom stereocenters. The van der Waals surface area contributed by atoms with Crippen LogP contribution in [0, 0.1) is 10.1 Å². The van der Waals surface area contributed by atoms with Crippen molar-refractivity contribution in [1.82, 2.24) is 0 Å². The Bertz CT molecular complexity index is 1160. The number of carbonyl (C=O) groups excluding carboxylic acids is 2. The SMILES string of the molecule is O=C(C[C@@]1(O)C(=O)N(CCc2ccccc2)c2ccccc21)c1cccc([N+](=O)[O-])c1. The number of carbonyl (C=O) groups is 2. The first-order valence-electron chi connectivity index (χ1n) is 9.85. The lowest BCUT2D eigenvalue weighted by atomic mass is 9.88. The highest BCUT2D eigenvalue weighted by Gasteiger charge is 2.50. The molecule has 0 spiro atoms. The second-order valence-corrected chi connectivity index (χ2v) is 7.48. The third kappa shape index (κ3) is 3.83. The molecule has 1 aliphatic heterocycles. The molecule has 31 heavy (non-hydrogen) atoms. The second-order valence-electron chi connectivity index (χ2n) is 7.48. The van der Waals surface area contributed by atoms with Crippen LogP contribution >= 0.6 is 0 Å². The number of nitrogens with zero attached hydrogens (tertiary/aromatic N) is 2. The monoisotopic (exact) mass is 416 g/mol. The van der Waals surface area contributed by atoms with Crippen LogP contribution in [-0.4, -0.2) is 28.3 Å². The number of aliphatic hydroxyl groups is 1. The average Bonchev–Trinajstić information content (AvgIpc) is 3.00. The molecule has 1 N–H and O–H groups in total. The summed E-state index contributed by atoms with van der Waals surface area (Å²) in [7, 11) is 0. The third-order valence-electron chi connectivity index (χ3n) is 5.50. The molecule has 0 fully saturated rings. The highest BCUT2D eigenvalue weighted by molar-refractivity contribution is 6.10. The fraction of sp³-hybridized carbons (Fsp3) is 0.167. The van der Waals surface area contributed by atoms with Crippen molar-refractivity contribution in [2.75, 3.05) is 11.4 Å². The summed E-state index contributed by atoms with van der Waals surface area (Å²) < 4.78 is 0. The maximum atomic E-state index is 13.3. The minimum absolute atomic E-state index is 0.0793. The number of benzene rings is 3. The number of amides is 1. The van der Waals surface area contributed by atoms with Crippen molar-refractivity contribution in [3.05, 3.63) is 106 Å². The van der Waals surface area contributed by atoms with Gasteiger partial charge in [0, 0.05) is 29.8 Å². The second kappa shape index (κ2) is 8.12. The Morgan fingerprint density at radius 3 is 2.45 bits per heavy atom. The lowest BCUT2D eigenvalue weighted by molar-refractivity contribution is -0.384. The maximum Gasteiger partial charge on any atom is 0.270 e. The molecule has 0 bridgehead atoms. The first-order valence-corrected chi connectivity index (χ1v) is 9.85. The highest BCUT2D eigenvalue weighted by atomic mass is 16.6. The van der Waals surface area contributed by atoms with Crippen LogP contribution in [0.25, 0.3) is 0 Å². The molecule has 1 heterocycles. The first kappa shape index (κ1) is 20.4. The number of hydrogen-bond acceptors (Lipinski definition) is 5. The topological polar surface area (TPSA) is 101 Å². The van der Waals surface area contributed by atoms with Gasteiger partial charge in [-0.1, -0.05) is 60.7 Å². The molecule has 7 nitrogen and oxygen atoms in total. The van der Waals surface area contributed by atoms with Gasteiger partial charge < -0.3 is 10.0 Å². The zero-order valence-corrected chi connectivity index (χ0v) is 16.6. The van der Waals surface area contributed by atoms with E-state index in [4.69, 9.17) is 0 Å². The summed E-state index contributed by atoms with van der Waals surface area (Å²) in [6.45, 7) is 0.354. The molecule has 0 unspecified atom stereocenters. The molecule has 0 saturated carbocycles. The number of rotatable bonds is 7. The molecule has 3 aromatic rings. The zero-order valence-electron chi connectivity index (χ0n) is 16.6. The molecule has 0 aliphatic carbocycles.